The van der Waals surface area contributed by atoms with Gasteiger partial charge in [0.25, 0.3) is 5.91 Å². The molecule has 1 N–H and O–H groups in total. The van der Waals surface area contributed by atoms with E-state index in [1.807, 2.05) is 6.92 Å². The van der Waals surface area contributed by atoms with E-state index >= 15 is 0 Å². The SMILES string of the molecule is Cc1cnc(NC(=O)c2ccn(-c3ccc(F)cc3)n2)s1. The Morgan fingerprint density at radius 3 is 2.71 bits per heavy atom. The molecule has 3 aromatic rings. The lowest BCUT2D eigenvalue weighted by Gasteiger charge is -2.01. The Morgan fingerprint density at radius 1 is 1.29 bits per heavy atom. The average molecular weight is 302 g/mol. The molecule has 0 aliphatic carbocycles. The molecule has 0 radical (unpaired) electrons. The van der Waals surface area contributed by atoms with Gasteiger partial charge >= 0.3 is 0 Å². The van der Waals surface area contributed by atoms with E-state index in [9.17, 15) is 9.18 Å². The van der Waals surface area contributed by atoms with Gasteiger partial charge in [-0.15, -0.1) is 11.3 Å². The fourth-order valence-electron chi connectivity index (χ4n) is 1.76. The summed E-state index contributed by atoms with van der Waals surface area (Å²) >= 11 is 1.40. The minimum absolute atomic E-state index is 0.271. The van der Waals surface area contributed by atoms with E-state index in [1.165, 1.54) is 28.2 Å². The van der Waals surface area contributed by atoms with Crippen molar-refractivity contribution in [1.82, 2.24) is 14.8 Å². The molecule has 0 saturated heterocycles. The molecule has 1 aromatic carbocycles. The predicted molar refractivity (Wildman–Crippen MR) is 78.3 cm³/mol. The normalized spacial score (nSPS) is 10.6. The lowest BCUT2D eigenvalue weighted by atomic mass is 10.3. The van der Waals surface area contributed by atoms with Gasteiger partial charge in [0.15, 0.2) is 10.8 Å². The van der Waals surface area contributed by atoms with Crippen molar-refractivity contribution in [2.75, 3.05) is 5.32 Å². The Morgan fingerprint density at radius 2 is 2.05 bits per heavy atom. The maximum Gasteiger partial charge on any atom is 0.277 e. The summed E-state index contributed by atoms with van der Waals surface area (Å²) in [7, 11) is 0. The van der Waals surface area contributed by atoms with Crippen LogP contribution in [0.1, 0.15) is 15.4 Å². The highest BCUT2D eigenvalue weighted by atomic mass is 32.1. The van der Waals surface area contributed by atoms with Crippen LogP contribution in [0.5, 0.6) is 0 Å². The first-order valence-electron chi connectivity index (χ1n) is 6.17. The standard InChI is InChI=1S/C14H11FN4OS/c1-9-8-16-14(21-9)17-13(20)12-6-7-19(18-12)11-4-2-10(15)3-5-11/h2-8H,1H3,(H,16,17,20). The maximum absolute atomic E-state index is 12.9. The number of nitrogens with zero attached hydrogens (tertiary/aromatic N) is 3. The van der Waals surface area contributed by atoms with E-state index in [2.05, 4.69) is 15.4 Å². The van der Waals surface area contributed by atoms with Crippen LogP contribution in [0.2, 0.25) is 0 Å². The topological polar surface area (TPSA) is 59.8 Å². The zero-order valence-corrected chi connectivity index (χ0v) is 11.9. The minimum Gasteiger partial charge on any atom is -0.296 e. The number of rotatable bonds is 3. The van der Waals surface area contributed by atoms with Crippen molar-refractivity contribution in [3.8, 4) is 5.69 Å². The van der Waals surface area contributed by atoms with Crippen LogP contribution in [0.25, 0.3) is 5.69 Å². The molecule has 0 bridgehead atoms. The zero-order chi connectivity index (χ0) is 14.8. The second kappa shape index (κ2) is 5.45. The zero-order valence-electron chi connectivity index (χ0n) is 11.1. The smallest absolute Gasteiger partial charge is 0.277 e. The molecular weight excluding hydrogens is 291 g/mol. The van der Waals surface area contributed by atoms with Gasteiger partial charge in [-0.1, -0.05) is 0 Å². The van der Waals surface area contributed by atoms with Crippen molar-refractivity contribution in [2.45, 2.75) is 6.92 Å². The molecule has 0 aliphatic heterocycles. The molecule has 2 heterocycles. The highest BCUT2D eigenvalue weighted by molar-refractivity contribution is 7.15. The summed E-state index contributed by atoms with van der Waals surface area (Å²) in [5.74, 6) is -0.645. The summed E-state index contributed by atoms with van der Waals surface area (Å²) < 4.78 is 14.4. The van der Waals surface area contributed by atoms with Crippen molar-refractivity contribution in [3.63, 3.8) is 0 Å². The highest BCUT2D eigenvalue weighted by Crippen LogP contribution is 2.17. The quantitative estimate of drug-likeness (QED) is 0.809. The van der Waals surface area contributed by atoms with Crippen LogP contribution < -0.4 is 5.32 Å². The van der Waals surface area contributed by atoms with Crippen LogP contribution in [-0.2, 0) is 0 Å². The van der Waals surface area contributed by atoms with Crippen molar-refractivity contribution < 1.29 is 9.18 Å². The Kier molecular flexibility index (Phi) is 3.49. The monoisotopic (exact) mass is 302 g/mol. The largest absolute Gasteiger partial charge is 0.296 e. The van der Waals surface area contributed by atoms with Gasteiger partial charge in [0.05, 0.1) is 5.69 Å². The average Bonchev–Trinajstić information content (AvgIpc) is 3.09. The second-order valence-corrected chi connectivity index (χ2v) is 5.59. The number of hydrogen-bond donors (Lipinski definition) is 1. The molecule has 2 aromatic heterocycles. The van der Waals surface area contributed by atoms with Crippen LogP contribution in [-0.4, -0.2) is 20.7 Å². The predicted octanol–water partition coefficient (Wildman–Crippen LogP) is 3.03. The lowest BCUT2D eigenvalue weighted by molar-refractivity contribution is 0.102. The number of anilines is 1. The van der Waals surface area contributed by atoms with E-state index in [-0.39, 0.29) is 17.4 Å². The number of amides is 1. The summed E-state index contributed by atoms with van der Waals surface area (Å²) in [5.41, 5.74) is 0.952. The van der Waals surface area contributed by atoms with Gasteiger partial charge in [0, 0.05) is 17.3 Å². The van der Waals surface area contributed by atoms with Gasteiger partial charge in [0.1, 0.15) is 5.82 Å². The molecule has 7 heteroatoms. The van der Waals surface area contributed by atoms with Crippen LogP contribution in [0.3, 0.4) is 0 Å². The van der Waals surface area contributed by atoms with Crippen LogP contribution >= 0.6 is 11.3 Å². The molecule has 1 amide bonds. The van der Waals surface area contributed by atoms with Crippen molar-refractivity contribution in [1.29, 1.82) is 0 Å². The molecule has 106 valence electrons. The molecule has 0 aliphatic rings. The first kappa shape index (κ1) is 13.4. The molecule has 5 nitrogen and oxygen atoms in total. The molecule has 21 heavy (non-hydrogen) atoms. The van der Waals surface area contributed by atoms with Gasteiger partial charge in [0.2, 0.25) is 0 Å². The first-order chi connectivity index (χ1) is 10.1. The number of aromatic nitrogens is 3. The molecule has 0 unspecified atom stereocenters. The number of carbonyl (C=O) groups excluding carboxylic acids is 1. The van der Waals surface area contributed by atoms with Gasteiger partial charge < -0.3 is 0 Å². The number of benzene rings is 1. The summed E-state index contributed by atoms with van der Waals surface area (Å²) in [5, 5.41) is 7.39. The highest BCUT2D eigenvalue weighted by Gasteiger charge is 2.12. The van der Waals surface area contributed by atoms with Gasteiger partial charge in [-0.2, -0.15) is 5.10 Å². The van der Waals surface area contributed by atoms with Crippen molar-refractivity contribution >= 4 is 22.4 Å². The molecule has 3 rings (SSSR count). The molecule has 0 fully saturated rings. The van der Waals surface area contributed by atoms with Crippen LogP contribution in [0.15, 0.2) is 42.7 Å². The molecule has 0 atom stereocenters. The third-order valence-corrected chi connectivity index (χ3v) is 3.58. The minimum atomic E-state index is -0.329. The summed E-state index contributed by atoms with van der Waals surface area (Å²) in [4.78, 5) is 17.1. The fourth-order valence-corrected chi connectivity index (χ4v) is 2.42. The first-order valence-corrected chi connectivity index (χ1v) is 6.99. The summed E-state index contributed by atoms with van der Waals surface area (Å²) in [6.45, 7) is 1.91. The number of carbonyl (C=O) groups is 1. The van der Waals surface area contributed by atoms with Crippen molar-refractivity contribution in [3.05, 3.63) is 59.1 Å². The van der Waals surface area contributed by atoms with Crippen LogP contribution in [0, 0.1) is 12.7 Å². The number of aryl methyl sites for hydroxylation is 1. The van der Waals surface area contributed by atoms with Crippen LogP contribution in [0.4, 0.5) is 9.52 Å². The second-order valence-electron chi connectivity index (χ2n) is 4.35. The van der Waals surface area contributed by atoms with Gasteiger partial charge in [-0.25, -0.2) is 14.1 Å². The van der Waals surface area contributed by atoms with E-state index < -0.39 is 0 Å². The Bertz CT molecular complexity index is 778. The van der Waals surface area contributed by atoms with E-state index in [0.717, 1.165) is 4.88 Å². The Labute approximate surface area is 124 Å². The number of thiazole rings is 1. The third-order valence-electron chi connectivity index (χ3n) is 2.75. The number of halogens is 1. The van der Waals surface area contributed by atoms with Crippen molar-refractivity contribution in [2.24, 2.45) is 0 Å². The third kappa shape index (κ3) is 2.97. The molecule has 0 spiro atoms. The van der Waals surface area contributed by atoms with E-state index in [0.29, 0.717) is 10.8 Å². The summed E-state index contributed by atoms with van der Waals surface area (Å²) in [6, 6.07) is 7.46. The fraction of sp³-hybridized carbons (Fsp3) is 0.0714. The maximum atomic E-state index is 12.9. The number of nitrogens with one attached hydrogen (secondary N) is 1. The van der Waals surface area contributed by atoms with E-state index in [4.69, 9.17) is 0 Å². The summed E-state index contributed by atoms with van der Waals surface area (Å²) in [6.07, 6.45) is 3.34. The van der Waals surface area contributed by atoms with Gasteiger partial charge in [-0.3, -0.25) is 10.1 Å². The Hall–Kier alpha value is -2.54. The molecular formula is C14H11FN4OS. The van der Waals surface area contributed by atoms with E-state index in [1.54, 1.807) is 30.6 Å². The lowest BCUT2D eigenvalue weighted by Crippen LogP contribution is -2.12. The molecule has 0 saturated carbocycles. The Balaban J connectivity index is 1.78. The number of hydrogen-bond acceptors (Lipinski definition) is 4. The van der Waals surface area contributed by atoms with Gasteiger partial charge in [-0.05, 0) is 37.3 Å².